The van der Waals surface area contributed by atoms with Gasteiger partial charge < -0.3 is 25.2 Å². The second kappa shape index (κ2) is 6.98. The largest absolute Gasteiger partial charge is 0.465 e. The molecule has 0 aromatic heterocycles. The van der Waals surface area contributed by atoms with Gasteiger partial charge in [0.05, 0.1) is 13.7 Å². The normalized spacial score (nSPS) is 13.9. The van der Waals surface area contributed by atoms with E-state index in [0.717, 1.165) is 32.3 Å². The average molecular weight is 308 g/mol. The van der Waals surface area contributed by atoms with Crippen LogP contribution in [-0.2, 0) is 16.0 Å². The van der Waals surface area contributed by atoms with Crippen molar-refractivity contribution in [2.45, 2.75) is 32.0 Å². The van der Waals surface area contributed by atoms with Crippen LogP contribution < -0.4 is 10.2 Å². The summed E-state index contributed by atoms with van der Waals surface area (Å²) >= 11 is 0. The van der Waals surface area contributed by atoms with Crippen molar-refractivity contribution in [3.05, 3.63) is 23.8 Å². The maximum absolute atomic E-state index is 11.2. The number of hydrogen-bond donors (Lipinski definition) is 3. The Hall–Kier alpha value is -1.79. The molecule has 0 amide bonds. The van der Waals surface area contributed by atoms with Crippen LogP contribution in [0.15, 0.2) is 18.2 Å². The van der Waals surface area contributed by atoms with Crippen LogP contribution in [0, 0.1) is 0 Å². The predicted molar refractivity (Wildman–Crippen MR) is 84.9 cm³/mol. The van der Waals surface area contributed by atoms with Gasteiger partial charge in [0.1, 0.15) is 0 Å². The molecule has 0 saturated heterocycles. The first-order valence-electron chi connectivity index (χ1n) is 7.63. The van der Waals surface area contributed by atoms with Crippen molar-refractivity contribution in [1.82, 2.24) is 0 Å². The number of fused-ring (bicyclic) bond motifs is 1. The molecule has 0 fully saturated rings. The topological polar surface area (TPSA) is 82.0 Å². The molecule has 0 bridgehead atoms. The Kier molecular flexibility index (Phi) is 5.26. The number of benzene rings is 1. The van der Waals surface area contributed by atoms with Crippen LogP contribution >= 0.6 is 0 Å². The zero-order chi connectivity index (χ0) is 16.2. The molecule has 1 aliphatic rings. The Morgan fingerprint density at radius 1 is 1.45 bits per heavy atom. The highest BCUT2D eigenvalue weighted by atomic mass is 16.6. The number of rotatable bonds is 7. The first-order valence-corrected chi connectivity index (χ1v) is 7.63. The van der Waals surface area contributed by atoms with E-state index >= 15 is 0 Å². The molecule has 0 unspecified atom stereocenters. The number of hydrogen-bond acceptors (Lipinski definition) is 6. The number of nitrogens with zero attached hydrogens (tertiary/aromatic N) is 1. The minimum Gasteiger partial charge on any atom is -0.465 e. The first kappa shape index (κ1) is 16.6. The van der Waals surface area contributed by atoms with E-state index in [1.807, 2.05) is 18.2 Å². The molecule has 1 heterocycles. The molecule has 0 atom stereocenters. The predicted octanol–water partition coefficient (Wildman–Crippen LogP) is 1.11. The standard InChI is InChI=1S/C16H24N2O4/c1-3-4-8-18-9-7-12-10-13(5-6-14(12)18)17-11-16(20,21)15(19)22-2/h5-6,10,17,20-21H,3-4,7-9,11H2,1-2H3. The molecule has 0 radical (unpaired) electrons. The zero-order valence-electron chi connectivity index (χ0n) is 13.1. The molecule has 6 heteroatoms. The van der Waals surface area contributed by atoms with Gasteiger partial charge in [0.25, 0.3) is 5.79 Å². The van der Waals surface area contributed by atoms with Gasteiger partial charge in [-0.3, -0.25) is 0 Å². The molecular weight excluding hydrogens is 284 g/mol. The Morgan fingerprint density at radius 2 is 2.23 bits per heavy atom. The number of esters is 1. The number of carbonyl (C=O) groups excluding carboxylic acids is 1. The Bertz CT molecular complexity index is 531. The lowest BCUT2D eigenvalue weighted by molar-refractivity contribution is -0.201. The quantitative estimate of drug-likeness (QED) is 0.517. The minimum atomic E-state index is -2.53. The molecular formula is C16H24N2O4. The van der Waals surface area contributed by atoms with Crippen molar-refractivity contribution in [2.75, 3.05) is 37.0 Å². The third-order valence-corrected chi connectivity index (χ3v) is 3.90. The van der Waals surface area contributed by atoms with Crippen LogP contribution in [0.25, 0.3) is 0 Å². The maximum atomic E-state index is 11.2. The van der Waals surface area contributed by atoms with Crippen molar-refractivity contribution in [1.29, 1.82) is 0 Å². The summed E-state index contributed by atoms with van der Waals surface area (Å²) in [4.78, 5) is 13.6. The highest BCUT2D eigenvalue weighted by Crippen LogP contribution is 2.30. The van der Waals surface area contributed by atoms with Gasteiger partial charge in [-0.25, -0.2) is 4.79 Å². The molecule has 0 spiro atoms. The second-order valence-corrected chi connectivity index (χ2v) is 5.60. The fraction of sp³-hybridized carbons (Fsp3) is 0.562. The molecule has 22 heavy (non-hydrogen) atoms. The molecule has 1 aliphatic heterocycles. The third-order valence-electron chi connectivity index (χ3n) is 3.90. The summed E-state index contributed by atoms with van der Waals surface area (Å²) in [6.45, 7) is 3.94. The Labute approximate surface area is 130 Å². The smallest absolute Gasteiger partial charge is 0.368 e. The van der Waals surface area contributed by atoms with Gasteiger partial charge in [-0.1, -0.05) is 13.3 Å². The number of carbonyl (C=O) groups is 1. The van der Waals surface area contributed by atoms with Crippen molar-refractivity contribution < 1.29 is 19.7 Å². The zero-order valence-corrected chi connectivity index (χ0v) is 13.1. The van der Waals surface area contributed by atoms with Gasteiger partial charge in [-0.15, -0.1) is 0 Å². The lowest BCUT2D eigenvalue weighted by atomic mass is 10.1. The number of methoxy groups -OCH3 is 1. The Morgan fingerprint density at radius 3 is 2.91 bits per heavy atom. The first-order chi connectivity index (χ1) is 10.5. The van der Waals surface area contributed by atoms with Gasteiger partial charge in [0, 0.05) is 24.5 Å². The second-order valence-electron chi connectivity index (χ2n) is 5.60. The number of nitrogens with one attached hydrogen (secondary N) is 1. The lowest BCUT2D eigenvalue weighted by Gasteiger charge is -2.21. The van der Waals surface area contributed by atoms with Crippen LogP contribution in [-0.4, -0.2) is 48.7 Å². The highest BCUT2D eigenvalue weighted by molar-refractivity contribution is 5.78. The van der Waals surface area contributed by atoms with Gasteiger partial charge in [-0.2, -0.15) is 0 Å². The van der Waals surface area contributed by atoms with Crippen LogP contribution in [0.5, 0.6) is 0 Å². The number of aliphatic hydroxyl groups is 2. The molecule has 1 aromatic carbocycles. The number of ether oxygens (including phenoxy) is 1. The van der Waals surface area contributed by atoms with Gasteiger partial charge in [0.2, 0.25) is 0 Å². The van der Waals surface area contributed by atoms with Crippen molar-refractivity contribution >= 4 is 17.3 Å². The monoisotopic (exact) mass is 308 g/mol. The molecule has 0 aliphatic carbocycles. The fourth-order valence-electron chi connectivity index (χ4n) is 2.62. The molecule has 122 valence electrons. The van der Waals surface area contributed by atoms with E-state index in [4.69, 9.17) is 0 Å². The molecule has 2 rings (SSSR count). The summed E-state index contributed by atoms with van der Waals surface area (Å²) in [5.41, 5.74) is 3.24. The highest BCUT2D eigenvalue weighted by Gasteiger charge is 2.34. The SMILES string of the molecule is CCCCN1CCc2cc(NCC(O)(O)C(=O)OC)ccc21. The molecule has 6 nitrogen and oxygen atoms in total. The van der Waals surface area contributed by atoms with Crippen molar-refractivity contribution in [3.63, 3.8) is 0 Å². The van der Waals surface area contributed by atoms with Crippen LogP contribution in [0.4, 0.5) is 11.4 Å². The van der Waals surface area contributed by atoms with Crippen molar-refractivity contribution in [3.8, 4) is 0 Å². The van der Waals surface area contributed by atoms with E-state index in [1.165, 1.54) is 24.1 Å². The summed E-state index contributed by atoms with van der Waals surface area (Å²) in [5, 5.41) is 22.0. The van der Waals surface area contributed by atoms with E-state index in [2.05, 4.69) is 21.9 Å². The fourth-order valence-corrected chi connectivity index (χ4v) is 2.62. The van der Waals surface area contributed by atoms with Crippen molar-refractivity contribution in [2.24, 2.45) is 0 Å². The summed E-state index contributed by atoms with van der Waals surface area (Å²) in [5.74, 6) is -3.60. The van der Waals surface area contributed by atoms with E-state index in [0.29, 0.717) is 0 Å². The summed E-state index contributed by atoms with van der Waals surface area (Å²) in [6, 6.07) is 5.92. The maximum Gasteiger partial charge on any atom is 0.368 e. The third kappa shape index (κ3) is 3.69. The van der Waals surface area contributed by atoms with Gasteiger partial charge >= 0.3 is 5.97 Å². The summed E-state index contributed by atoms with van der Waals surface area (Å²) in [6.07, 6.45) is 3.33. The van der Waals surface area contributed by atoms with E-state index in [1.54, 1.807) is 0 Å². The Balaban J connectivity index is 1.99. The average Bonchev–Trinajstić information content (AvgIpc) is 2.92. The lowest BCUT2D eigenvalue weighted by Crippen LogP contribution is -2.45. The summed E-state index contributed by atoms with van der Waals surface area (Å²) in [7, 11) is 1.11. The molecule has 0 saturated carbocycles. The van der Waals surface area contributed by atoms with E-state index in [9.17, 15) is 15.0 Å². The van der Waals surface area contributed by atoms with Gasteiger partial charge in [0.15, 0.2) is 0 Å². The number of anilines is 2. The van der Waals surface area contributed by atoms with E-state index < -0.39 is 11.8 Å². The number of unbranched alkanes of at least 4 members (excludes halogenated alkanes) is 1. The molecule has 1 aromatic rings. The van der Waals surface area contributed by atoms with Crippen LogP contribution in [0.2, 0.25) is 0 Å². The minimum absolute atomic E-state index is 0.321. The summed E-state index contributed by atoms with van der Waals surface area (Å²) < 4.78 is 4.34. The van der Waals surface area contributed by atoms with E-state index in [-0.39, 0.29) is 6.54 Å². The van der Waals surface area contributed by atoms with Crippen LogP contribution in [0.3, 0.4) is 0 Å². The molecule has 3 N–H and O–H groups in total. The van der Waals surface area contributed by atoms with Gasteiger partial charge in [-0.05, 0) is 36.6 Å². The van der Waals surface area contributed by atoms with Crippen LogP contribution in [0.1, 0.15) is 25.3 Å².